The van der Waals surface area contributed by atoms with Crippen molar-refractivity contribution in [2.45, 2.75) is 52.9 Å². The number of ketones is 1. The van der Waals surface area contributed by atoms with E-state index < -0.39 is 0 Å². The number of hydrogen-bond donors (Lipinski definition) is 1. The Balaban J connectivity index is 1.28. The number of rotatable bonds is 17. The Hall–Kier alpha value is -1.66. The van der Waals surface area contributed by atoms with Crippen LogP contribution in [0.1, 0.15) is 52.9 Å². The Morgan fingerprint density at radius 3 is 1.82 bits per heavy atom. The number of alkyl carbamates (subject to hydrolysis) is 1. The molecule has 0 spiro atoms. The fourth-order valence-corrected chi connectivity index (χ4v) is 4.03. The van der Waals surface area contributed by atoms with Gasteiger partial charge in [0.15, 0.2) is 0 Å². The molecule has 0 aromatic carbocycles. The van der Waals surface area contributed by atoms with Crippen LogP contribution in [0.2, 0.25) is 0 Å². The summed E-state index contributed by atoms with van der Waals surface area (Å²) in [5.74, 6) is 8.45. The monoisotopic (exact) mass is 481 g/mol. The molecule has 1 saturated carbocycles. The third kappa shape index (κ3) is 12.2. The van der Waals surface area contributed by atoms with E-state index in [1.807, 2.05) is 20.8 Å². The summed E-state index contributed by atoms with van der Waals surface area (Å²) in [6.45, 7) is 10.3. The van der Waals surface area contributed by atoms with Crippen LogP contribution in [0.25, 0.3) is 0 Å². The van der Waals surface area contributed by atoms with E-state index in [4.69, 9.17) is 23.7 Å². The fraction of sp³-hybridized carbons (Fsp3) is 0.846. The van der Waals surface area contributed by atoms with E-state index in [-0.39, 0.29) is 17.3 Å². The predicted molar refractivity (Wildman–Crippen MR) is 128 cm³/mol. The van der Waals surface area contributed by atoms with Gasteiger partial charge in [-0.1, -0.05) is 20.8 Å². The first-order chi connectivity index (χ1) is 16.4. The topological polar surface area (TPSA) is 92.3 Å². The van der Waals surface area contributed by atoms with Gasteiger partial charge in [-0.3, -0.25) is 4.79 Å². The molecule has 1 N–H and O–H groups in total. The van der Waals surface area contributed by atoms with E-state index in [0.29, 0.717) is 90.2 Å². The van der Waals surface area contributed by atoms with Crippen LogP contribution in [0.4, 0.5) is 4.79 Å². The number of Topliss-reactive ketones (excluding diaryl/α,β-unsaturated/α-hetero) is 1. The lowest BCUT2D eigenvalue weighted by Gasteiger charge is -2.16. The standard InChI is InChI=1S/C26H43NO7/c1-26(2,3)24(28)10-12-30-14-16-32-18-19-33-17-15-31-13-11-27-25(29)34-20-23-21-8-6-4-5-7-9-22(21)23/h21-23H,6-20H2,1-3H3,(H,27,29)/t21-,22+,23?. The summed E-state index contributed by atoms with van der Waals surface area (Å²) in [6.07, 6.45) is 4.25. The second kappa shape index (κ2) is 16.1. The molecule has 0 bridgehead atoms. The Morgan fingerprint density at radius 1 is 0.794 bits per heavy atom. The second-order valence-electron chi connectivity index (χ2n) is 9.82. The molecule has 8 heteroatoms. The first-order valence-corrected chi connectivity index (χ1v) is 12.6. The van der Waals surface area contributed by atoms with Gasteiger partial charge in [-0.15, -0.1) is 11.8 Å². The summed E-state index contributed by atoms with van der Waals surface area (Å²) in [5, 5.41) is 2.72. The normalized spacial score (nSPS) is 21.4. The number of nitrogens with one attached hydrogen (secondary N) is 1. The molecule has 0 saturated heterocycles. The summed E-state index contributed by atoms with van der Waals surface area (Å²) in [6, 6.07) is 0. The molecule has 2 rings (SSSR count). The minimum absolute atomic E-state index is 0.201. The Bertz CT molecular complexity index is 646. The summed E-state index contributed by atoms with van der Waals surface area (Å²) in [4.78, 5) is 23.6. The molecule has 194 valence electrons. The summed E-state index contributed by atoms with van der Waals surface area (Å²) < 4.78 is 27.1. The number of fused-ring (bicyclic) bond motifs is 1. The lowest BCUT2D eigenvalue weighted by molar-refractivity contribution is -0.127. The summed E-state index contributed by atoms with van der Waals surface area (Å²) in [7, 11) is 0. The first-order valence-electron chi connectivity index (χ1n) is 12.6. The first kappa shape index (κ1) is 28.6. The van der Waals surface area contributed by atoms with Crippen molar-refractivity contribution >= 4 is 11.9 Å². The van der Waals surface area contributed by atoms with Gasteiger partial charge < -0.3 is 29.0 Å². The molecule has 0 aromatic heterocycles. The average Bonchev–Trinajstić information content (AvgIpc) is 3.42. The van der Waals surface area contributed by atoms with Crippen LogP contribution in [0.3, 0.4) is 0 Å². The number of ether oxygens (including phenoxy) is 5. The zero-order valence-electron chi connectivity index (χ0n) is 21.2. The number of carbonyl (C=O) groups is 2. The molecule has 0 heterocycles. The lowest BCUT2D eigenvalue weighted by atomic mass is 9.89. The molecule has 1 amide bonds. The van der Waals surface area contributed by atoms with Crippen molar-refractivity contribution in [3.8, 4) is 11.8 Å². The second-order valence-corrected chi connectivity index (χ2v) is 9.82. The van der Waals surface area contributed by atoms with Crippen molar-refractivity contribution in [1.29, 1.82) is 0 Å². The number of amides is 1. The van der Waals surface area contributed by atoms with Gasteiger partial charge in [0.05, 0.1) is 59.5 Å². The Kier molecular flexibility index (Phi) is 13.5. The van der Waals surface area contributed by atoms with Crippen LogP contribution in [0, 0.1) is 35.0 Å². The van der Waals surface area contributed by atoms with Gasteiger partial charge in [0.25, 0.3) is 0 Å². The number of carbonyl (C=O) groups excluding carboxylic acids is 2. The molecule has 34 heavy (non-hydrogen) atoms. The molecule has 2 aliphatic carbocycles. The molecule has 1 unspecified atom stereocenters. The zero-order valence-corrected chi connectivity index (χ0v) is 21.2. The van der Waals surface area contributed by atoms with Gasteiger partial charge in [0, 0.05) is 31.2 Å². The maximum atomic E-state index is 11.8. The molecule has 0 radical (unpaired) electrons. The van der Waals surface area contributed by atoms with Crippen molar-refractivity contribution in [2.75, 3.05) is 66.0 Å². The van der Waals surface area contributed by atoms with Crippen LogP contribution in [-0.2, 0) is 28.5 Å². The third-order valence-corrected chi connectivity index (χ3v) is 6.19. The van der Waals surface area contributed by atoms with E-state index in [9.17, 15) is 9.59 Å². The molecular formula is C26H43NO7. The fourth-order valence-electron chi connectivity index (χ4n) is 4.03. The highest BCUT2D eigenvalue weighted by Crippen LogP contribution is 2.52. The third-order valence-electron chi connectivity index (χ3n) is 6.19. The molecule has 0 aliphatic heterocycles. The van der Waals surface area contributed by atoms with Crippen molar-refractivity contribution in [1.82, 2.24) is 5.32 Å². The highest BCUT2D eigenvalue weighted by atomic mass is 16.6. The van der Waals surface area contributed by atoms with Crippen LogP contribution in [0.15, 0.2) is 0 Å². The van der Waals surface area contributed by atoms with Gasteiger partial charge >= 0.3 is 6.09 Å². The molecule has 2 aliphatic rings. The van der Waals surface area contributed by atoms with Crippen LogP contribution < -0.4 is 5.32 Å². The van der Waals surface area contributed by atoms with E-state index in [0.717, 1.165) is 25.7 Å². The van der Waals surface area contributed by atoms with Gasteiger partial charge in [-0.25, -0.2) is 4.79 Å². The molecular weight excluding hydrogens is 438 g/mol. The minimum atomic E-state index is -0.377. The Morgan fingerprint density at radius 2 is 1.29 bits per heavy atom. The summed E-state index contributed by atoms with van der Waals surface area (Å²) >= 11 is 0. The molecule has 8 nitrogen and oxygen atoms in total. The van der Waals surface area contributed by atoms with Crippen LogP contribution >= 0.6 is 0 Å². The summed E-state index contributed by atoms with van der Waals surface area (Å²) in [5.41, 5.74) is -0.312. The molecule has 3 atom stereocenters. The lowest BCUT2D eigenvalue weighted by Crippen LogP contribution is -2.29. The maximum Gasteiger partial charge on any atom is 0.407 e. The van der Waals surface area contributed by atoms with Crippen molar-refractivity contribution in [3.63, 3.8) is 0 Å². The maximum absolute atomic E-state index is 11.8. The highest BCUT2D eigenvalue weighted by Gasteiger charge is 2.49. The largest absolute Gasteiger partial charge is 0.449 e. The molecule has 0 aromatic rings. The minimum Gasteiger partial charge on any atom is -0.449 e. The van der Waals surface area contributed by atoms with Crippen LogP contribution in [0.5, 0.6) is 0 Å². The average molecular weight is 482 g/mol. The number of hydrogen-bond acceptors (Lipinski definition) is 7. The highest BCUT2D eigenvalue weighted by molar-refractivity contribution is 5.83. The van der Waals surface area contributed by atoms with E-state index in [1.165, 1.54) is 0 Å². The quantitative estimate of drug-likeness (QED) is 0.252. The van der Waals surface area contributed by atoms with E-state index in [1.54, 1.807) is 0 Å². The Labute approximate surface area is 204 Å². The SMILES string of the molecule is CC(C)(C)C(=O)CCOCCOCCOCCOCCNC(=O)OCC1[C@H]2CCC#CCC[C@@H]12. The van der Waals surface area contributed by atoms with Crippen molar-refractivity contribution in [3.05, 3.63) is 0 Å². The van der Waals surface area contributed by atoms with Gasteiger partial charge in [0.1, 0.15) is 5.78 Å². The smallest absolute Gasteiger partial charge is 0.407 e. The van der Waals surface area contributed by atoms with Crippen LogP contribution in [-0.4, -0.2) is 77.9 Å². The van der Waals surface area contributed by atoms with Crippen molar-refractivity contribution < 1.29 is 33.3 Å². The molecule has 1 fully saturated rings. The predicted octanol–water partition coefficient (Wildman–Crippen LogP) is 3.22. The zero-order chi connectivity index (χ0) is 24.7. The van der Waals surface area contributed by atoms with E-state index in [2.05, 4.69) is 17.2 Å². The van der Waals surface area contributed by atoms with Gasteiger partial charge in [-0.2, -0.15) is 0 Å². The van der Waals surface area contributed by atoms with Gasteiger partial charge in [-0.05, 0) is 30.6 Å². The van der Waals surface area contributed by atoms with Gasteiger partial charge in [0.2, 0.25) is 0 Å². The van der Waals surface area contributed by atoms with Crippen molar-refractivity contribution in [2.24, 2.45) is 23.2 Å². The van der Waals surface area contributed by atoms with E-state index >= 15 is 0 Å².